The van der Waals surface area contributed by atoms with Gasteiger partial charge in [0, 0.05) is 23.3 Å². The van der Waals surface area contributed by atoms with E-state index in [0.717, 1.165) is 0 Å². The van der Waals surface area contributed by atoms with Gasteiger partial charge in [0.25, 0.3) is 0 Å². The third-order valence-corrected chi connectivity index (χ3v) is 7.11. The highest BCUT2D eigenvalue weighted by atomic mass is 35.5. The number of carbonyl (C=O) groups excluding carboxylic acids is 2. The second-order valence-corrected chi connectivity index (χ2v) is 9.44. The SMILES string of the molecule is COc1cc2nccc(Oc3ncc(N(C(=O)C4(C(N)=O)CCC4)c4ccc(F)cc4)cc3Cl)c2cc1OC. The zero-order chi connectivity index (χ0) is 27.7. The average molecular weight is 551 g/mol. The number of nitrogens with two attached hydrogens (primary N) is 1. The van der Waals surface area contributed by atoms with E-state index < -0.39 is 23.0 Å². The summed E-state index contributed by atoms with van der Waals surface area (Å²) in [6, 6.07) is 11.9. The predicted molar refractivity (Wildman–Crippen MR) is 143 cm³/mol. The zero-order valence-corrected chi connectivity index (χ0v) is 21.9. The fourth-order valence-corrected chi connectivity index (χ4v) is 4.74. The van der Waals surface area contributed by atoms with Crippen LogP contribution in [0.2, 0.25) is 5.02 Å². The average Bonchev–Trinajstić information content (AvgIpc) is 2.90. The van der Waals surface area contributed by atoms with E-state index in [9.17, 15) is 14.0 Å². The minimum atomic E-state index is -1.36. The number of rotatable bonds is 8. The molecule has 0 saturated heterocycles. The highest BCUT2D eigenvalue weighted by Crippen LogP contribution is 2.45. The van der Waals surface area contributed by atoms with Crippen molar-refractivity contribution in [2.24, 2.45) is 11.1 Å². The number of primary amides is 1. The van der Waals surface area contributed by atoms with Crippen LogP contribution in [0.4, 0.5) is 15.8 Å². The van der Waals surface area contributed by atoms with Crippen LogP contribution in [0.5, 0.6) is 23.1 Å². The predicted octanol–water partition coefficient (Wildman–Crippen LogP) is 5.55. The zero-order valence-electron chi connectivity index (χ0n) is 21.1. The highest BCUT2D eigenvalue weighted by molar-refractivity contribution is 6.32. The first-order valence-electron chi connectivity index (χ1n) is 12.0. The second kappa shape index (κ2) is 10.4. The summed E-state index contributed by atoms with van der Waals surface area (Å²) in [4.78, 5) is 36.0. The molecule has 9 nitrogen and oxygen atoms in total. The number of pyridine rings is 2. The van der Waals surface area contributed by atoms with Crippen molar-refractivity contribution in [3.05, 3.63) is 71.8 Å². The third-order valence-electron chi connectivity index (χ3n) is 6.84. The Kier molecular flexibility index (Phi) is 6.96. The van der Waals surface area contributed by atoms with Gasteiger partial charge >= 0.3 is 0 Å². The van der Waals surface area contributed by atoms with E-state index in [1.807, 2.05) is 0 Å². The summed E-state index contributed by atoms with van der Waals surface area (Å²) in [5.41, 5.74) is 5.49. The monoisotopic (exact) mass is 550 g/mol. The first-order valence-corrected chi connectivity index (χ1v) is 12.4. The molecule has 4 aromatic rings. The number of anilines is 2. The van der Waals surface area contributed by atoms with E-state index in [1.54, 1.807) is 24.4 Å². The number of benzene rings is 2. The van der Waals surface area contributed by atoms with Crippen LogP contribution in [0.1, 0.15) is 19.3 Å². The molecule has 0 atom stereocenters. The topological polar surface area (TPSA) is 117 Å². The van der Waals surface area contributed by atoms with Gasteiger partial charge in [0.15, 0.2) is 11.5 Å². The second-order valence-electron chi connectivity index (χ2n) is 9.03. The lowest BCUT2D eigenvalue weighted by atomic mass is 9.67. The molecule has 39 heavy (non-hydrogen) atoms. The van der Waals surface area contributed by atoms with Crippen LogP contribution in [0, 0.1) is 11.2 Å². The maximum atomic E-state index is 13.7. The Bertz CT molecular complexity index is 1580. The maximum Gasteiger partial charge on any atom is 0.247 e. The van der Waals surface area contributed by atoms with Crippen LogP contribution >= 0.6 is 11.6 Å². The van der Waals surface area contributed by atoms with Crippen molar-refractivity contribution in [2.45, 2.75) is 19.3 Å². The van der Waals surface area contributed by atoms with Crippen molar-refractivity contribution < 1.29 is 28.2 Å². The van der Waals surface area contributed by atoms with Crippen molar-refractivity contribution in [2.75, 3.05) is 19.1 Å². The minimum absolute atomic E-state index is 0.0717. The van der Waals surface area contributed by atoms with Crippen molar-refractivity contribution in [1.29, 1.82) is 0 Å². The van der Waals surface area contributed by atoms with Crippen LogP contribution in [0.25, 0.3) is 10.9 Å². The summed E-state index contributed by atoms with van der Waals surface area (Å²) in [7, 11) is 3.06. The highest BCUT2D eigenvalue weighted by Gasteiger charge is 2.52. The van der Waals surface area contributed by atoms with Gasteiger partial charge in [0.2, 0.25) is 17.7 Å². The quantitative estimate of drug-likeness (QED) is 0.286. The van der Waals surface area contributed by atoms with Crippen molar-refractivity contribution in [3.63, 3.8) is 0 Å². The standard InChI is InChI=1S/C28H24ClFN4O5/c1-37-23-13-19-21(14-24(23)38-2)32-11-8-22(19)39-25-20(29)12-18(15-33-25)34(17-6-4-16(30)5-7-17)27(36)28(26(31)35)9-3-10-28/h4-8,11-15H,3,9-10H2,1-2H3,(H2,31,35). The van der Waals surface area contributed by atoms with Gasteiger partial charge in [-0.05, 0) is 55.3 Å². The van der Waals surface area contributed by atoms with Crippen molar-refractivity contribution >= 4 is 45.7 Å². The van der Waals surface area contributed by atoms with Gasteiger partial charge < -0.3 is 19.9 Å². The lowest BCUT2D eigenvalue weighted by Gasteiger charge is -2.40. The molecule has 0 bridgehead atoms. The number of methoxy groups -OCH3 is 2. The molecule has 1 fully saturated rings. The van der Waals surface area contributed by atoms with Crippen LogP contribution in [0.3, 0.4) is 0 Å². The summed E-state index contributed by atoms with van der Waals surface area (Å²) in [6.07, 6.45) is 4.30. The number of hydrogen-bond donors (Lipinski definition) is 1. The first kappa shape index (κ1) is 26.2. The van der Waals surface area contributed by atoms with E-state index in [0.29, 0.717) is 53.1 Å². The molecule has 2 amide bonds. The van der Waals surface area contributed by atoms with E-state index in [2.05, 4.69) is 9.97 Å². The number of ether oxygens (including phenoxy) is 3. The van der Waals surface area contributed by atoms with Gasteiger partial charge in [-0.25, -0.2) is 9.37 Å². The summed E-state index contributed by atoms with van der Waals surface area (Å²) in [6.45, 7) is 0. The molecule has 2 aromatic carbocycles. The van der Waals surface area contributed by atoms with Gasteiger partial charge in [-0.2, -0.15) is 0 Å². The van der Waals surface area contributed by atoms with Gasteiger partial charge in [0.1, 0.15) is 22.0 Å². The van der Waals surface area contributed by atoms with Gasteiger partial charge in [-0.15, -0.1) is 0 Å². The number of nitrogens with zero attached hydrogens (tertiary/aromatic N) is 3. The van der Waals surface area contributed by atoms with Crippen LogP contribution in [-0.4, -0.2) is 36.0 Å². The third kappa shape index (κ3) is 4.67. The summed E-state index contributed by atoms with van der Waals surface area (Å²) in [5, 5.41) is 0.730. The van der Waals surface area contributed by atoms with Crippen LogP contribution < -0.4 is 24.8 Å². The molecule has 2 heterocycles. The minimum Gasteiger partial charge on any atom is -0.493 e. The summed E-state index contributed by atoms with van der Waals surface area (Å²) in [5.74, 6) is -0.217. The molecule has 0 spiro atoms. The molecule has 0 aliphatic heterocycles. The number of hydrogen-bond acceptors (Lipinski definition) is 7. The summed E-state index contributed by atoms with van der Waals surface area (Å²) >= 11 is 6.59. The van der Waals surface area contributed by atoms with E-state index in [1.165, 1.54) is 55.6 Å². The smallest absolute Gasteiger partial charge is 0.247 e. The molecular weight excluding hydrogens is 527 g/mol. The van der Waals surface area contributed by atoms with Gasteiger partial charge in [0.05, 0.1) is 31.6 Å². The number of fused-ring (bicyclic) bond motifs is 1. The number of aromatic nitrogens is 2. The molecular formula is C28H24ClFN4O5. The van der Waals surface area contributed by atoms with Gasteiger partial charge in [-0.3, -0.25) is 19.5 Å². The van der Waals surface area contributed by atoms with E-state index in [-0.39, 0.29) is 16.6 Å². The fraction of sp³-hybridized carbons (Fsp3) is 0.214. The molecule has 1 aliphatic rings. The van der Waals surface area contributed by atoms with E-state index >= 15 is 0 Å². The number of halogens is 2. The molecule has 2 N–H and O–H groups in total. The normalized spacial score (nSPS) is 13.8. The lowest BCUT2D eigenvalue weighted by Crippen LogP contribution is -2.54. The Morgan fingerprint density at radius 2 is 1.67 bits per heavy atom. The first-order chi connectivity index (χ1) is 18.8. The lowest BCUT2D eigenvalue weighted by molar-refractivity contribution is -0.145. The van der Waals surface area contributed by atoms with Crippen LogP contribution in [-0.2, 0) is 9.59 Å². The van der Waals surface area contributed by atoms with Gasteiger partial charge in [-0.1, -0.05) is 18.0 Å². The van der Waals surface area contributed by atoms with Crippen molar-refractivity contribution in [3.8, 4) is 23.1 Å². The molecule has 200 valence electrons. The number of carbonyl (C=O) groups is 2. The Hall–Kier alpha value is -4.44. The maximum absolute atomic E-state index is 13.7. The Balaban J connectivity index is 1.53. The van der Waals surface area contributed by atoms with Crippen LogP contribution in [0.15, 0.2) is 60.9 Å². The molecule has 5 rings (SSSR count). The summed E-state index contributed by atoms with van der Waals surface area (Å²) < 4.78 is 30.5. The van der Waals surface area contributed by atoms with Crippen molar-refractivity contribution in [1.82, 2.24) is 9.97 Å². The Labute approximate surface area is 228 Å². The number of amides is 2. The molecule has 0 radical (unpaired) electrons. The van der Waals surface area contributed by atoms with E-state index in [4.69, 9.17) is 31.5 Å². The Morgan fingerprint density at radius 1 is 0.974 bits per heavy atom. The molecule has 1 saturated carbocycles. The largest absolute Gasteiger partial charge is 0.493 e. The molecule has 2 aromatic heterocycles. The fourth-order valence-electron chi connectivity index (χ4n) is 4.54. The molecule has 0 unspecified atom stereocenters. The molecule has 11 heteroatoms. The molecule has 1 aliphatic carbocycles. The Morgan fingerprint density at radius 3 is 2.26 bits per heavy atom.